The quantitative estimate of drug-likeness (QED) is 0.143. The smallest absolute Gasteiger partial charge is 0.407 e. The average Bonchev–Trinajstić information content (AvgIpc) is 3.35. The Morgan fingerprint density at radius 2 is 1.36 bits per heavy atom. The van der Waals surface area contributed by atoms with Gasteiger partial charge in [0.15, 0.2) is 0 Å². The van der Waals surface area contributed by atoms with Crippen LogP contribution < -0.4 is 16.0 Å². The lowest BCUT2D eigenvalue weighted by atomic mass is 9.98. The van der Waals surface area contributed by atoms with Crippen LogP contribution in [0, 0.1) is 5.92 Å². The van der Waals surface area contributed by atoms with E-state index in [0.717, 1.165) is 27.8 Å². The van der Waals surface area contributed by atoms with Gasteiger partial charge in [-0.05, 0) is 40.7 Å². The van der Waals surface area contributed by atoms with Gasteiger partial charge >= 0.3 is 12.1 Å². The Morgan fingerprint density at radius 1 is 0.750 bits per heavy atom. The van der Waals surface area contributed by atoms with Crippen molar-refractivity contribution in [2.24, 2.45) is 5.92 Å². The minimum atomic E-state index is -0.918. The van der Waals surface area contributed by atoms with Gasteiger partial charge in [0.2, 0.25) is 11.8 Å². The highest BCUT2D eigenvalue weighted by atomic mass is 16.5. The van der Waals surface area contributed by atoms with Crippen molar-refractivity contribution in [3.8, 4) is 11.1 Å². The number of ether oxygens (including phenoxy) is 3. The lowest BCUT2D eigenvalue weighted by Gasteiger charge is -2.24. The van der Waals surface area contributed by atoms with Gasteiger partial charge in [0, 0.05) is 5.92 Å². The molecule has 0 unspecified atom stereocenters. The minimum absolute atomic E-state index is 0.0343. The largest absolute Gasteiger partial charge is 0.461 e. The minimum Gasteiger partial charge on any atom is -0.461 e. The molecule has 0 bridgehead atoms. The molecule has 3 aromatic carbocycles. The summed E-state index contributed by atoms with van der Waals surface area (Å²) < 4.78 is 16.1. The van der Waals surface area contributed by atoms with Crippen molar-refractivity contribution in [2.75, 3.05) is 19.9 Å². The van der Waals surface area contributed by atoms with Gasteiger partial charge in [-0.1, -0.05) is 92.7 Å². The van der Waals surface area contributed by atoms with Crippen LogP contribution in [0.3, 0.4) is 0 Å². The van der Waals surface area contributed by atoms with Crippen molar-refractivity contribution < 1.29 is 33.4 Å². The van der Waals surface area contributed by atoms with E-state index in [4.69, 9.17) is 14.2 Å². The van der Waals surface area contributed by atoms with E-state index in [-0.39, 0.29) is 44.8 Å². The lowest BCUT2D eigenvalue weighted by Crippen LogP contribution is -2.54. The summed E-state index contributed by atoms with van der Waals surface area (Å²) >= 11 is 0. The maximum absolute atomic E-state index is 13.0. The zero-order valence-electron chi connectivity index (χ0n) is 25.2. The second kappa shape index (κ2) is 15.7. The summed E-state index contributed by atoms with van der Waals surface area (Å²) in [7, 11) is 0. The van der Waals surface area contributed by atoms with Gasteiger partial charge in [-0.25, -0.2) is 4.79 Å². The molecule has 3 amide bonds. The third-order valence-electron chi connectivity index (χ3n) is 7.36. The van der Waals surface area contributed by atoms with Crippen molar-refractivity contribution in [1.29, 1.82) is 0 Å². The number of amides is 3. The highest BCUT2D eigenvalue weighted by Crippen LogP contribution is 2.44. The fraction of sp³-hybridized carbons (Fsp3) is 0.353. The summed E-state index contributed by atoms with van der Waals surface area (Å²) in [5.74, 6) is -1.78. The molecule has 10 heteroatoms. The number of nitrogens with one attached hydrogen (secondary N) is 3. The SMILES string of the molecule is CC(C)[C@H](NC(=O)OCC1c2ccccc2-c2ccccc21)C(=O)N[C@@H](C)C(=O)NCOCCC(=O)OCc1ccccc1. The monoisotopic (exact) mass is 601 g/mol. The summed E-state index contributed by atoms with van der Waals surface area (Å²) in [6.07, 6.45) is -0.680. The van der Waals surface area contributed by atoms with Crippen LogP contribution >= 0.6 is 0 Å². The van der Waals surface area contributed by atoms with E-state index < -0.39 is 36.0 Å². The van der Waals surface area contributed by atoms with Gasteiger partial charge in [0.05, 0.1) is 13.0 Å². The molecule has 10 nitrogen and oxygen atoms in total. The molecule has 0 spiro atoms. The first-order valence-corrected chi connectivity index (χ1v) is 14.7. The molecule has 3 N–H and O–H groups in total. The highest BCUT2D eigenvalue weighted by molar-refractivity contribution is 5.91. The third kappa shape index (κ3) is 8.67. The Morgan fingerprint density at radius 3 is 2.00 bits per heavy atom. The number of hydrogen-bond donors (Lipinski definition) is 3. The van der Waals surface area contributed by atoms with Crippen molar-refractivity contribution in [3.63, 3.8) is 0 Å². The Kier molecular flexibility index (Phi) is 11.5. The fourth-order valence-corrected chi connectivity index (χ4v) is 4.98. The topological polar surface area (TPSA) is 132 Å². The summed E-state index contributed by atoms with van der Waals surface area (Å²) in [6.45, 7) is 5.33. The lowest BCUT2D eigenvalue weighted by molar-refractivity contribution is -0.146. The first-order valence-electron chi connectivity index (χ1n) is 14.7. The van der Waals surface area contributed by atoms with E-state index >= 15 is 0 Å². The molecule has 1 aliphatic rings. The van der Waals surface area contributed by atoms with Crippen LogP contribution in [0.5, 0.6) is 0 Å². The number of carbonyl (C=O) groups excluding carboxylic acids is 4. The van der Waals surface area contributed by atoms with Gasteiger partial charge in [-0.2, -0.15) is 0 Å². The molecule has 2 atom stereocenters. The first kappa shape index (κ1) is 32.2. The second-order valence-electron chi connectivity index (χ2n) is 10.9. The Labute approximate surface area is 257 Å². The van der Waals surface area contributed by atoms with Crippen molar-refractivity contribution in [2.45, 2.75) is 51.8 Å². The molecule has 3 aromatic rings. The van der Waals surface area contributed by atoms with Crippen LogP contribution in [-0.4, -0.2) is 55.9 Å². The van der Waals surface area contributed by atoms with Crippen molar-refractivity contribution in [3.05, 3.63) is 95.6 Å². The molecule has 232 valence electrons. The molecule has 0 fully saturated rings. The zero-order chi connectivity index (χ0) is 31.5. The van der Waals surface area contributed by atoms with Gasteiger partial charge in [-0.15, -0.1) is 0 Å². The molecule has 0 aliphatic heterocycles. The van der Waals surface area contributed by atoms with E-state index in [0.29, 0.717) is 0 Å². The Balaban J connectivity index is 1.17. The summed E-state index contributed by atoms with van der Waals surface area (Å²) in [6, 6.07) is 23.6. The van der Waals surface area contributed by atoms with E-state index in [9.17, 15) is 19.2 Å². The molecule has 0 heterocycles. The standard InChI is InChI=1S/C34H39N3O7/c1-22(2)31(37-34(41)44-20-29-27-15-9-7-13-25(27)26-14-8-10-16-28(26)29)33(40)36-23(3)32(39)35-21-42-18-17-30(38)43-19-24-11-5-4-6-12-24/h4-16,22-23,29,31H,17-21H2,1-3H3,(H,35,39)(H,36,40)(H,37,41)/t23-,31-/m0/s1. The average molecular weight is 602 g/mol. The predicted octanol–water partition coefficient (Wildman–Crippen LogP) is 4.28. The predicted molar refractivity (Wildman–Crippen MR) is 164 cm³/mol. The number of benzene rings is 3. The molecule has 1 aliphatic carbocycles. The first-order chi connectivity index (χ1) is 21.2. The molecular formula is C34H39N3O7. The van der Waals surface area contributed by atoms with Crippen LogP contribution in [0.25, 0.3) is 11.1 Å². The number of alkyl carbamates (subject to hydrolysis) is 1. The normalized spacial score (nSPS) is 13.3. The fourth-order valence-electron chi connectivity index (χ4n) is 4.98. The summed E-state index contributed by atoms with van der Waals surface area (Å²) in [4.78, 5) is 50.1. The maximum atomic E-state index is 13.0. The van der Waals surface area contributed by atoms with Crippen molar-refractivity contribution in [1.82, 2.24) is 16.0 Å². The van der Waals surface area contributed by atoms with E-state index in [2.05, 4.69) is 28.1 Å². The van der Waals surface area contributed by atoms with E-state index in [1.54, 1.807) is 13.8 Å². The number of rotatable bonds is 14. The van der Waals surface area contributed by atoms with E-state index in [1.165, 1.54) is 6.92 Å². The Bertz CT molecular complexity index is 1400. The molecule has 44 heavy (non-hydrogen) atoms. The van der Waals surface area contributed by atoms with Crippen LogP contribution in [0.1, 0.15) is 49.8 Å². The highest BCUT2D eigenvalue weighted by Gasteiger charge is 2.31. The zero-order valence-corrected chi connectivity index (χ0v) is 25.2. The maximum Gasteiger partial charge on any atom is 0.407 e. The molecule has 4 rings (SSSR count). The molecule has 0 aromatic heterocycles. The van der Waals surface area contributed by atoms with Crippen LogP contribution in [-0.2, 0) is 35.2 Å². The summed E-state index contributed by atoms with van der Waals surface area (Å²) in [5, 5.41) is 7.84. The van der Waals surface area contributed by atoms with Gasteiger partial charge in [0.1, 0.15) is 32.0 Å². The molecule has 0 saturated carbocycles. The van der Waals surface area contributed by atoms with Gasteiger partial charge < -0.3 is 30.2 Å². The molecular weight excluding hydrogens is 562 g/mol. The van der Waals surface area contributed by atoms with Gasteiger partial charge in [0.25, 0.3) is 0 Å². The molecule has 0 radical (unpaired) electrons. The van der Waals surface area contributed by atoms with Crippen molar-refractivity contribution >= 4 is 23.9 Å². The van der Waals surface area contributed by atoms with Gasteiger partial charge in [-0.3, -0.25) is 14.4 Å². The summed E-state index contributed by atoms with van der Waals surface area (Å²) in [5.41, 5.74) is 5.31. The van der Waals surface area contributed by atoms with Crippen LogP contribution in [0.15, 0.2) is 78.9 Å². The van der Waals surface area contributed by atoms with Crippen LogP contribution in [0.2, 0.25) is 0 Å². The Hall–Kier alpha value is -4.70. The number of hydrogen-bond acceptors (Lipinski definition) is 7. The number of carbonyl (C=O) groups is 4. The van der Waals surface area contributed by atoms with E-state index in [1.807, 2.05) is 66.7 Å². The molecule has 0 saturated heterocycles. The third-order valence-corrected chi connectivity index (χ3v) is 7.36. The second-order valence-corrected chi connectivity index (χ2v) is 10.9. The van der Waals surface area contributed by atoms with Crippen LogP contribution in [0.4, 0.5) is 4.79 Å². The number of fused-ring (bicyclic) bond motifs is 3. The number of esters is 1.